The highest BCUT2D eigenvalue weighted by Gasteiger charge is 2.69. The number of likely N-dealkylation sites (N-methyl/N-ethyl adjacent to an activating group) is 1. The Morgan fingerprint density at radius 1 is 1.16 bits per heavy atom. The maximum absolute atomic E-state index is 13.9. The number of fused-ring (bicyclic) bond motifs is 4. The predicted octanol–water partition coefficient (Wildman–Crippen LogP) is 0.634. The van der Waals surface area contributed by atoms with Crippen molar-refractivity contribution in [1.82, 2.24) is 9.80 Å². The van der Waals surface area contributed by atoms with Gasteiger partial charge in [0, 0.05) is 35.6 Å². The molecule has 1 aromatic rings. The van der Waals surface area contributed by atoms with E-state index in [0.717, 1.165) is 12.0 Å². The van der Waals surface area contributed by atoms with Crippen LogP contribution < -0.4 is 5.73 Å². The minimum absolute atomic E-state index is 0.00291. The van der Waals surface area contributed by atoms with Gasteiger partial charge in [-0.05, 0) is 57.3 Å². The van der Waals surface area contributed by atoms with Crippen LogP contribution in [-0.2, 0) is 38.7 Å². The molecular weight excluding hydrogens is 514 g/mol. The summed E-state index contributed by atoms with van der Waals surface area (Å²) in [5.74, 6) is -10.5. The number of ketones is 4. The van der Waals surface area contributed by atoms with Crippen LogP contribution in [0.4, 0.5) is 0 Å². The first-order chi connectivity index (χ1) is 17.8. The van der Waals surface area contributed by atoms with Gasteiger partial charge in [-0.1, -0.05) is 18.5 Å². The summed E-state index contributed by atoms with van der Waals surface area (Å²) in [6, 6.07) is -0.915. The van der Waals surface area contributed by atoms with E-state index in [0.29, 0.717) is 29.2 Å². The van der Waals surface area contributed by atoms with Crippen LogP contribution in [0.25, 0.3) is 0 Å². The predicted molar refractivity (Wildman–Crippen MR) is 135 cm³/mol. The number of benzene rings is 1. The summed E-state index contributed by atoms with van der Waals surface area (Å²) in [5, 5.41) is 23.3. The smallest absolute Gasteiger partial charge is 0.235 e. The Balaban J connectivity index is 1.62. The summed E-state index contributed by atoms with van der Waals surface area (Å²) in [6.07, 6.45) is 1.04. The van der Waals surface area contributed by atoms with Gasteiger partial charge < -0.3 is 15.9 Å². The molecule has 2 fully saturated rings. The summed E-state index contributed by atoms with van der Waals surface area (Å²) in [4.78, 5) is 70.0. The lowest BCUT2D eigenvalue weighted by Gasteiger charge is -2.52. The largest absolute Gasteiger partial charge is 0.507 e. The van der Waals surface area contributed by atoms with Gasteiger partial charge in [-0.2, -0.15) is 0 Å². The minimum atomic E-state index is -2.74. The maximum Gasteiger partial charge on any atom is 0.235 e. The normalized spacial score (nSPS) is 33.6. The molecular formula is C27H32ClN3O7. The number of rotatable bonds is 4. The number of carbonyl (C=O) groups excluding carboxylic acids is 5. The van der Waals surface area contributed by atoms with Crippen LogP contribution >= 0.6 is 11.6 Å². The van der Waals surface area contributed by atoms with E-state index in [1.807, 2.05) is 0 Å². The van der Waals surface area contributed by atoms with E-state index in [2.05, 4.69) is 18.7 Å². The molecule has 38 heavy (non-hydrogen) atoms. The Hall–Kier alpha value is -2.66. The molecule has 1 heterocycles. The van der Waals surface area contributed by atoms with Crippen LogP contribution in [0, 0.1) is 23.7 Å². The number of halogens is 1. The molecule has 2 unspecified atom stereocenters. The molecule has 7 atom stereocenters. The fourth-order valence-corrected chi connectivity index (χ4v) is 7.51. The standard InChI is InChI=1S/C27H32ClN3O7/c1-5-10(2)31-8-13-14(9-31)21(32)17-12(19(13)28)6-11-7-15-20(30(3)4)23(34)18(26(29)37)25(36)27(15,38)24(35)16(11)22(17)33/h10-11,15-16,18,20,32,38H,5-9H2,1-4H3,(H2,29,37)/t10-,11+,15+,16?,18?,20+,27+/m1/s1. The fourth-order valence-electron chi connectivity index (χ4n) is 7.17. The molecule has 4 N–H and O–H groups in total. The highest BCUT2D eigenvalue weighted by Crippen LogP contribution is 2.53. The second-order valence-corrected chi connectivity index (χ2v) is 11.8. The van der Waals surface area contributed by atoms with Gasteiger partial charge in [0.15, 0.2) is 34.7 Å². The van der Waals surface area contributed by atoms with Gasteiger partial charge in [0.1, 0.15) is 5.75 Å². The third-order valence-electron chi connectivity index (χ3n) is 9.31. The van der Waals surface area contributed by atoms with Crippen molar-refractivity contribution in [1.29, 1.82) is 0 Å². The average molecular weight is 546 g/mol. The number of primary amides is 1. The zero-order valence-corrected chi connectivity index (χ0v) is 22.5. The second kappa shape index (κ2) is 8.94. The van der Waals surface area contributed by atoms with Crippen molar-refractivity contribution < 1.29 is 34.2 Å². The van der Waals surface area contributed by atoms with Crippen molar-refractivity contribution in [3.63, 3.8) is 0 Å². The van der Waals surface area contributed by atoms with E-state index in [1.165, 1.54) is 4.90 Å². The number of nitrogens with two attached hydrogens (primary N) is 1. The number of amides is 1. The van der Waals surface area contributed by atoms with Crippen LogP contribution in [0.3, 0.4) is 0 Å². The van der Waals surface area contributed by atoms with Gasteiger partial charge in [-0.15, -0.1) is 0 Å². The number of aromatic hydroxyl groups is 1. The van der Waals surface area contributed by atoms with Gasteiger partial charge in [0.2, 0.25) is 5.91 Å². The second-order valence-electron chi connectivity index (χ2n) is 11.4. The Bertz CT molecular complexity index is 1310. The zero-order valence-electron chi connectivity index (χ0n) is 21.8. The zero-order chi connectivity index (χ0) is 28.0. The lowest BCUT2D eigenvalue weighted by Crippen LogP contribution is -2.74. The van der Waals surface area contributed by atoms with Gasteiger partial charge in [0.05, 0.1) is 17.5 Å². The van der Waals surface area contributed by atoms with Crippen molar-refractivity contribution in [3.8, 4) is 5.75 Å². The number of phenolic OH excluding ortho intramolecular Hbond substituents is 1. The molecule has 0 aromatic heterocycles. The van der Waals surface area contributed by atoms with E-state index < -0.39 is 64.4 Å². The topological polar surface area (TPSA) is 158 Å². The van der Waals surface area contributed by atoms with Gasteiger partial charge >= 0.3 is 0 Å². The monoisotopic (exact) mass is 545 g/mol. The van der Waals surface area contributed by atoms with Gasteiger partial charge in [-0.3, -0.25) is 33.8 Å². The first-order valence-electron chi connectivity index (χ1n) is 12.9. The maximum atomic E-state index is 13.9. The van der Waals surface area contributed by atoms with Crippen molar-refractivity contribution in [2.75, 3.05) is 14.1 Å². The number of hydrogen-bond donors (Lipinski definition) is 3. The third kappa shape index (κ3) is 3.40. The van der Waals surface area contributed by atoms with Gasteiger partial charge in [-0.25, -0.2) is 0 Å². The van der Waals surface area contributed by atoms with Crippen molar-refractivity contribution in [3.05, 3.63) is 27.3 Å². The van der Waals surface area contributed by atoms with Crippen molar-refractivity contribution in [2.24, 2.45) is 29.4 Å². The number of nitrogens with zero attached hydrogens (tertiary/aromatic N) is 2. The lowest BCUT2D eigenvalue weighted by molar-refractivity contribution is -0.181. The molecule has 1 aromatic carbocycles. The Morgan fingerprint density at radius 3 is 2.37 bits per heavy atom. The van der Waals surface area contributed by atoms with E-state index in [4.69, 9.17) is 17.3 Å². The molecule has 10 nitrogen and oxygen atoms in total. The molecule has 2 saturated carbocycles. The molecule has 1 amide bonds. The highest BCUT2D eigenvalue weighted by molar-refractivity contribution is 6.35. The number of carbonyl (C=O) groups is 5. The molecule has 5 rings (SSSR count). The van der Waals surface area contributed by atoms with E-state index in [-0.39, 0.29) is 30.2 Å². The van der Waals surface area contributed by atoms with Crippen LogP contribution in [0.15, 0.2) is 0 Å². The number of hydrogen-bond acceptors (Lipinski definition) is 9. The molecule has 0 saturated heterocycles. The quantitative estimate of drug-likeness (QED) is 0.461. The Labute approximate surface area is 225 Å². The van der Waals surface area contributed by atoms with Crippen LogP contribution in [0.5, 0.6) is 5.75 Å². The van der Waals surface area contributed by atoms with E-state index in [1.54, 1.807) is 14.1 Å². The molecule has 11 heteroatoms. The third-order valence-corrected chi connectivity index (χ3v) is 9.77. The molecule has 1 aliphatic heterocycles. The summed E-state index contributed by atoms with van der Waals surface area (Å²) >= 11 is 6.84. The minimum Gasteiger partial charge on any atom is -0.507 e. The van der Waals surface area contributed by atoms with Crippen LogP contribution in [-0.4, -0.2) is 80.8 Å². The fraction of sp³-hybridized carbons (Fsp3) is 0.593. The average Bonchev–Trinajstić information content (AvgIpc) is 3.30. The molecule has 4 aliphatic rings. The summed E-state index contributed by atoms with van der Waals surface area (Å²) in [5.41, 5.74) is 4.31. The Kier molecular flexibility index (Phi) is 6.34. The number of Topliss-reactive ketones (excluding diaryl/α,β-unsaturated/α-hetero) is 4. The van der Waals surface area contributed by atoms with Crippen molar-refractivity contribution in [2.45, 2.75) is 63.9 Å². The SMILES string of the molecule is CC[C@@H](C)N1Cc2c(O)c3c(c(Cl)c2C1)C[C@H]1C[C@H]2[C@H](N(C)C)C(=O)C(C(N)=O)C(=O)[C@@]2(O)C(=O)C1C3=O. The first kappa shape index (κ1) is 26.9. The molecule has 204 valence electrons. The van der Waals surface area contributed by atoms with Gasteiger partial charge in [0.25, 0.3) is 0 Å². The first-order valence-corrected chi connectivity index (χ1v) is 13.3. The van der Waals surface area contributed by atoms with E-state index in [9.17, 15) is 34.2 Å². The molecule has 3 aliphatic carbocycles. The Morgan fingerprint density at radius 2 is 1.79 bits per heavy atom. The van der Waals surface area contributed by atoms with Crippen LogP contribution in [0.2, 0.25) is 5.02 Å². The van der Waals surface area contributed by atoms with Crippen molar-refractivity contribution >= 4 is 40.6 Å². The number of aliphatic hydroxyl groups is 1. The summed E-state index contributed by atoms with van der Waals surface area (Å²) < 4.78 is 0. The summed E-state index contributed by atoms with van der Waals surface area (Å²) in [6.45, 7) is 5.04. The molecule has 0 radical (unpaired) electrons. The highest BCUT2D eigenvalue weighted by atomic mass is 35.5. The van der Waals surface area contributed by atoms with Crippen LogP contribution in [0.1, 0.15) is 53.7 Å². The van der Waals surface area contributed by atoms with E-state index >= 15 is 0 Å². The summed E-state index contributed by atoms with van der Waals surface area (Å²) in [7, 11) is 3.10. The molecule has 0 spiro atoms. The lowest BCUT2D eigenvalue weighted by atomic mass is 9.52. The number of phenols is 1. The molecule has 0 bridgehead atoms.